The van der Waals surface area contributed by atoms with Crippen molar-refractivity contribution >= 4 is 26.1 Å². The summed E-state index contributed by atoms with van der Waals surface area (Å²) in [4.78, 5) is 15.3. The molecule has 3 aliphatic heterocycles. The van der Waals surface area contributed by atoms with Crippen LogP contribution >= 0.6 is 0 Å². The number of piperidine rings is 1. The van der Waals surface area contributed by atoms with Crippen molar-refractivity contribution in [1.82, 2.24) is 15.1 Å². The summed E-state index contributed by atoms with van der Waals surface area (Å²) < 4.78 is 46.3. The van der Waals surface area contributed by atoms with Gasteiger partial charge in [-0.2, -0.15) is 0 Å². The van der Waals surface area contributed by atoms with Gasteiger partial charge >= 0.3 is 0 Å². The number of nitrogens with one attached hydrogen (secondary N) is 1. The normalized spacial score (nSPS) is 31.8. The van der Waals surface area contributed by atoms with Crippen LogP contribution in [0.4, 0.5) is 0 Å². The Morgan fingerprint density at radius 2 is 1.58 bits per heavy atom. The number of carbonyl (C=O) groups is 1. The first kappa shape index (κ1) is 20.0. The minimum Gasteiger partial charge on any atom is -0.340 e. The maximum Gasteiger partial charge on any atom is 0.210 e. The highest BCUT2D eigenvalue weighted by Gasteiger charge is 2.33. The molecule has 10 heteroatoms. The van der Waals surface area contributed by atoms with Crippen LogP contribution in [0.3, 0.4) is 0 Å². The van der Waals surface area contributed by atoms with Crippen LogP contribution in [0.25, 0.3) is 0 Å². The molecule has 0 bridgehead atoms. The number of likely N-dealkylation sites (tertiary alicyclic amines) is 1. The Labute approximate surface area is 156 Å². The van der Waals surface area contributed by atoms with Crippen molar-refractivity contribution in [2.24, 2.45) is 0 Å². The molecule has 3 aliphatic rings. The molecule has 0 unspecified atom stereocenters. The van der Waals surface area contributed by atoms with E-state index in [1.54, 1.807) is 4.90 Å². The molecular weight excluding hydrogens is 378 g/mol. The molecule has 0 aromatic rings. The Morgan fingerprint density at radius 3 is 2.12 bits per heavy atom. The predicted molar refractivity (Wildman–Crippen MR) is 99.5 cm³/mol. The van der Waals surface area contributed by atoms with Crippen molar-refractivity contribution < 1.29 is 21.6 Å². The van der Waals surface area contributed by atoms with Crippen LogP contribution in [0.2, 0.25) is 0 Å². The molecule has 1 amide bonds. The highest BCUT2D eigenvalue weighted by molar-refractivity contribution is 7.91. The number of rotatable bonds is 7. The molecule has 2 atom stereocenters. The lowest BCUT2D eigenvalue weighted by molar-refractivity contribution is -0.120. The van der Waals surface area contributed by atoms with Crippen molar-refractivity contribution in [2.75, 3.05) is 49.2 Å². The van der Waals surface area contributed by atoms with E-state index in [0.717, 1.165) is 38.9 Å². The molecule has 0 radical (unpaired) electrons. The topological polar surface area (TPSA) is 104 Å². The van der Waals surface area contributed by atoms with Gasteiger partial charge in [0.05, 0.1) is 23.0 Å². The third-order valence-corrected chi connectivity index (χ3v) is 9.30. The van der Waals surface area contributed by atoms with Crippen LogP contribution in [-0.4, -0.2) is 100 Å². The molecule has 3 saturated heterocycles. The predicted octanol–water partition coefficient (Wildman–Crippen LogP) is -1.13. The SMILES string of the molecule is O=CN(CCN1CCC(N[C@H]2CCS(=O)(=O)C2)CC1)[C@@H]1CCS(=O)(=O)C1. The molecule has 3 heterocycles. The van der Waals surface area contributed by atoms with E-state index >= 15 is 0 Å². The minimum atomic E-state index is -2.99. The lowest BCUT2D eigenvalue weighted by Crippen LogP contribution is -2.48. The summed E-state index contributed by atoms with van der Waals surface area (Å²) in [5.74, 6) is 0.811. The molecule has 3 fully saturated rings. The first-order valence-corrected chi connectivity index (χ1v) is 13.0. The Balaban J connectivity index is 1.38. The van der Waals surface area contributed by atoms with Gasteiger partial charge in [0.2, 0.25) is 6.41 Å². The quantitative estimate of drug-likeness (QED) is 0.533. The molecule has 0 spiro atoms. The summed E-state index contributed by atoms with van der Waals surface area (Å²) in [6.07, 6.45) is 3.96. The van der Waals surface area contributed by atoms with E-state index in [0.29, 0.717) is 31.2 Å². The first-order valence-electron chi connectivity index (χ1n) is 9.37. The summed E-state index contributed by atoms with van der Waals surface area (Å²) in [5.41, 5.74) is 0. The van der Waals surface area contributed by atoms with Gasteiger partial charge in [0.15, 0.2) is 19.7 Å². The highest BCUT2D eigenvalue weighted by atomic mass is 32.2. The Morgan fingerprint density at radius 1 is 0.923 bits per heavy atom. The molecular formula is C16H29N3O5S2. The van der Waals surface area contributed by atoms with E-state index in [2.05, 4.69) is 10.2 Å². The Kier molecular flexibility index (Phi) is 6.25. The van der Waals surface area contributed by atoms with Crippen molar-refractivity contribution in [3.8, 4) is 0 Å². The van der Waals surface area contributed by atoms with Gasteiger partial charge in [-0.05, 0) is 38.8 Å². The lowest BCUT2D eigenvalue weighted by Gasteiger charge is -2.35. The fourth-order valence-corrected chi connectivity index (χ4v) is 7.63. The molecule has 150 valence electrons. The van der Waals surface area contributed by atoms with Gasteiger partial charge in [-0.15, -0.1) is 0 Å². The van der Waals surface area contributed by atoms with E-state index in [4.69, 9.17) is 0 Å². The van der Waals surface area contributed by atoms with E-state index in [9.17, 15) is 21.6 Å². The molecule has 1 N–H and O–H groups in total. The standard InChI is InChI=1S/C16H29N3O5S2/c20-13-19(16-4-10-26(23,24)12-16)8-7-18-5-1-14(2-6-18)17-15-3-9-25(21,22)11-15/h13-17H,1-12H2/t15-,16+/m0/s1. The summed E-state index contributed by atoms with van der Waals surface area (Å²) in [6.45, 7) is 3.13. The van der Waals surface area contributed by atoms with Gasteiger partial charge < -0.3 is 15.1 Å². The molecule has 3 rings (SSSR count). The Bertz CT molecular complexity index is 701. The number of hydrogen-bond donors (Lipinski definition) is 1. The van der Waals surface area contributed by atoms with Gasteiger partial charge in [-0.1, -0.05) is 0 Å². The van der Waals surface area contributed by atoms with Gasteiger partial charge in [0.1, 0.15) is 0 Å². The summed E-state index contributed by atoms with van der Waals surface area (Å²) in [7, 11) is -5.84. The fraction of sp³-hybridized carbons (Fsp3) is 0.938. The largest absolute Gasteiger partial charge is 0.340 e. The van der Waals surface area contributed by atoms with E-state index < -0.39 is 19.7 Å². The van der Waals surface area contributed by atoms with Gasteiger partial charge in [-0.25, -0.2) is 16.8 Å². The second-order valence-corrected chi connectivity index (χ2v) is 12.2. The molecule has 0 aromatic heterocycles. The molecule has 26 heavy (non-hydrogen) atoms. The van der Waals surface area contributed by atoms with Crippen LogP contribution < -0.4 is 5.32 Å². The molecule has 8 nitrogen and oxygen atoms in total. The zero-order chi connectivity index (χ0) is 18.8. The van der Waals surface area contributed by atoms with Crippen molar-refractivity contribution in [1.29, 1.82) is 0 Å². The first-order chi connectivity index (χ1) is 12.3. The van der Waals surface area contributed by atoms with E-state index in [-0.39, 0.29) is 29.3 Å². The number of nitrogens with zero attached hydrogens (tertiary/aromatic N) is 2. The second kappa shape index (κ2) is 8.12. The minimum absolute atomic E-state index is 0.0853. The van der Waals surface area contributed by atoms with Crippen molar-refractivity contribution in [3.05, 3.63) is 0 Å². The molecule has 0 saturated carbocycles. The van der Waals surface area contributed by atoms with Crippen molar-refractivity contribution in [3.63, 3.8) is 0 Å². The monoisotopic (exact) mass is 407 g/mol. The smallest absolute Gasteiger partial charge is 0.210 e. The maximum absolute atomic E-state index is 11.6. The van der Waals surface area contributed by atoms with E-state index in [1.807, 2.05) is 0 Å². The average molecular weight is 408 g/mol. The fourth-order valence-electron chi connectivity index (χ4n) is 4.20. The van der Waals surface area contributed by atoms with E-state index in [1.165, 1.54) is 0 Å². The van der Waals surface area contributed by atoms with Gasteiger partial charge in [0, 0.05) is 31.2 Å². The van der Waals surface area contributed by atoms with Crippen LogP contribution in [0, 0.1) is 0 Å². The lowest BCUT2D eigenvalue weighted by atomic mass is 10.0. The number of sulfone groups is 2. The van der Waals surface area contributed by atoms with Crippen LogP contribution in [0.15, 0.2) is 0 Å². The summed E-state index contributed by atoms with van der Waals surface area (Å²) in [5, 5.41) is 3.48. The van der Waals surface area contributed by atoms with Crippen LogP contribution in [0.1, 0.15) is 25.7 Å². The third-order valence-electron chi connectivity index (χ3n) is 5.78. The van der Waals surface area contributed by atoms with Crippen molar-refractivity contribution in [2.45, 2.75) is 43.8 Å². The number of amides is 1. The summed E-state index contributed by atoms with van der Waals surface area (Å²) in [6, 6.07) is 0.263. The Hall–Kier alpha value is -0.710. The molecule has 0 aromatic carbocycles. The maximum atomic E-state index is 11.6. The van der Waals surface area contributed by atoms with Gasteiger partial charge in [0.25, 0.3) is 0 Å². The molecule has 0 aliphatic carbocycles. The summed E-state index contributed by atoms with van der Waals surface area (Å²) >= 11 is 0. The van der Waals surface area contributed by atoms with Crippen LogP contribution in [0.5, 0.6) is 0 Å². The second-order valence-electron chi connectivity index (χ2n) is 7.78. The highest BCUT2D eigenvalue weighted by Crippen LogP contribution is 2.18. The van der Waals surface area contributed by atoms with Crippen LogP contribution in [-0.2, 0) is 24.5 Å². The third kappa shape index (κ3) is 5.40. The number of carbonyl (C=O) groups excluding carboxylic acids is 1. The van der Waals surface area contributed by atoms with Gasteiger partial charge in [-0.3, -0.25) is 4.79 Å². The average Bonchev–Trinajstić information content (AvgIpc) is 3.11. The zero-order valence-corrected chi connectivity index (χ0v) is 16.7. The zero-order valence-electron chi connectivity index (χ0n) is 15.0. The number of hydrogen-bond acceptors (Lipinski definition) is 7.